The van der Waals surface area contributed by atoms with Gasteiger partial charge in [0.1, 0.15) is 17.4 Å². The fraction of sp³-hybridized carbons (Fsp3) is 0.125. The van der Waals surface area contributed by atoms with Gasteiger partial charge in [0.05, 0.1) is 5.52 Å². The SMILES string of the molecule is Cn1nc(NC(=O)c2ccc(-c3nn[nH]n3)cc2)c2ncnc(C(=O)NCc3ccc4oc(=O)n(C)c4c3)c21. The second kappa shape index (κ2) is 9.29. The first kappa shape index (κ1) is 23.7. The molecule has 0 spiro atoms. The summed E-state index contributed by atoms with van der Waals surface area (Å²) in [7, 11) is 3.24. The van der Waals surface area contributed by atoms with Gasteiger partial charge in [-0.3, -0.25) is 18.8 Å². The molecule has 0 saturated heterocycles. The summed E-state index contributed by atoms with van der Waals surface area (Å²) in [5, 5.41) is 23.6. The lowest BCUT2D eigenvalue weighted by molar-refractivity contribution is 0.0946. The highest BCUT2D eigenvalue weighted by Crippen LogP contribution is 2.23. The molecule has 6 rings (SSSR count). The van der Waals surface area contributed by atoms with Gasteiger partial charge >= 0.3 is 5.76 Å². The van der Waals surface area contributed by atoms with Crippen molar-refractivity contribution in [2.45, 2.75) is 6.54 Å². The van der Waals surface area contributed by atoms with E-state index in [-0.39, 0.29) is 18.1 Å². The second-order valence-corrected chi connectivity index (χ2v) is 8.57. The lowest BCUT2D eigenvalue weighted by Crippen LogP contribution is -2.24. The number of oxazole rings is 1. The van der Waals surface area contributed by atoms with Crippen molar-refractivity contribution < 1.29 is 14.0 Å². The van der Waals surface area contributed by atoms with Gasteiger partial charge in [0.2, 0.25) is 5.82 Å². The molecule has 39 heavy (non-hydrogen) atoms. The molecule has 0 saturated carbocycles. The Morgan fingerprint density at radius 3 is 2.64 bits per heavy atom. The number of nitrogens with one attached hydrogen (secondary N) is 3. The Balaban J connectivity index is 1.21. The predicted molar refractivity (Wildman–Crippen MR) is 136 cm³/mol. The van der Waals surface area contributed by atoms with Crippen LogP contribution in [0.25, 0.3) is 33.5 Å². The molecule has 15 heteroatoms. The van der Waals surface area contributed by atoms with E-state index in [0.29, 0.717) is 39.1 Å². The summed E-state index contributed by atoms with van der Waals surface area (Å²) in [6, 6.07) is 11.8. The molecule has 0 unspecified atom stereocenters. The average Bonchev–Trinajstić information content (AvgIpc) is 3.67. The number of aromatic nitrogens is 9. The van der Waals surface area contributed by atoms with Crippen LogP contribution >= 0.6 is 0 Å². The minimum atomic E-state index is -0.463. The van der Waals surface area contributed by atoms with Crippen LogP contribution in [-0.4, -0.2) is 56.8 Å². The Labute approximate surface area is 217 Å². The zero-order valence-electron chi connectivity index (χ0n) is 20.5. The number of carbonyl (C=O) groups excluding carboxylic acids is 2. The van der Waals surface area contributed by atoms with E-state index in [2.05, 4.69) is 46.3 Å². The number of carbonyl (C=O) groups is 2. The molecule has 0 atom stereocenters. The third-order valence-electron chi connectivity index (χ3n) is 6.13. The molecule has 0 aliphatic carbocycles. The number of amides is 2. The van der Waals surface area contributed by atoms with Crippen molar-refractivity contribution in [3.8, 4) is 11.4 Å². The number of aromatic amines is 1. The number of rotatable bonds is 6. The van der Waals surface area contributed by atoms with E-state index in [1.807, 2.05) is 0 Å². The molecule has 4 aromatic heterocycles. The molecule has 194 valence electrons. The lowest BCUT2D eigenvalue weighted by atomic mass is 10.1. The quantitative estimate of drug-likeness (QED) is 0.284. The Morgan fingerprint density at radius 2 is 1.87 bits per heavy atom. The minimum absolute atomic E-state index is 0.0942. The van der Waals surface area contributed by atoms with E-state index in [1.165, 1.54) is 15.6 Å². The third-order valence-corrected chi connectivity index (χ3v) is 6.13. The smallest absolute Gasteiger partial charge is 0.408 e. The molecule has 3 N–H and O–H groups in total. The summed E-state index contributed by atoms with van der Waals surface area (Å²) in [6.45, 7) is 0.181. The zero-order valence-corrected chi connectivity index (χ0v) is 20.5. The normalized spacial score (nSPS) is 11.2. The van der Waals surface area contributed by atoms with Crippen molar-refractivity contribution in [3.63, 3.8) is 0 Å². The van der Waals surface area contributed by atoms with Crippen LogP contribution < -0.4 is 16.4 Å². The summed E-state index contributed by atoms with van der Waals surface area (Å²) in [6.07, 6.45) is 1.24. The van der Waals surface area contributed by atoms with Gasteiger partial charge in [-0.05, 0) is 35.0 Å². The monoisotopic (exact) mass is 525 g/mol. The van der Waals surface area contributed by atoms with Crippen molar-refractivity contribution in [1.29, 1.82) is 0 Å². The number of tetrazole rings is 1. The molecule has 2 aromatic carbocycles. The summed E-state index contributed by atoms with van der Waals surface area (Å²) in [4.78, 5) is 46.1. The molecule has 0 radical (unpaired) electrons. The maximum atomic E-state index is 13.1. The fourth-order valence-corrected chi connectivity index (χ4v) is 4.14. The number of hydrogen-bond donors (Lipinski definition) is 3. The van der Waals surface area contributed by atoms with Crippen LogP contribution in [0.15, 0.2) is 58.0 Å². The van der Waals surface area contributed by atoms with Gasteiger partial charge in [-0.25, -0.2) is 14.8 Å². The Hall–Kier alpha value is -5.73. The number of nitrogens with zero attached hydrogens (tertiary/aromatic N) is 8. The fourth-order valence-electron chi connectivity index (χ4n) is 4.14. The van der Waals surface area contributed by atoms with Gasteiger partial charge in [0.15, 0.2) is 17.1 Å². The molecule has 0 aliphatic rings. The van der Waals surface area contributed by atoms with Crippen LogP contribution in [0.3, 0.4) is 0 Å². The van der Waals surface area contributed by atoms with E-state index in [1.54, 1.807) is 56.6 Å². The molecule has 15 nitrogen and oxygen atoms in total. The molecule has 4 heterocycles. The first-order valence-electron chi connectivity index (χ1n) is 11.6. The largest absolute Gasteiger partial charge is 0.419 e. The van der Waals surface area contributed by atoms with Gasteiger partial charge < -0.3 is 15.1 Å². The molecule has 2 amide bonds. The first-order valence-corrected chi connectivity index (χ1v) is 11.6. The van der Waals surface area contributed by atoms with Gasteiger partial charge in [-0.2, -0.15) is 10.3 Å². The van der Waals surface area contributed by atoms with Crippen molar-refractivity contribution in [2.75, 3.05) is 5.32 Å². The minimum Gasteiger partial charge on any atom is -0.408 e. The predicted octanol–water partition coefficient (Wildman–Crippen LogP) is 1.17. The van der Waals surface area contributed by atoms with Crippen LogP contribution in [-0.2, 0) is 20.6 Å². The standard InChI is InChI=1S/C24H19N11O4/c1-34-15-9-12(3-8-16(15)39-24(34)38)10-25-23(37)18-19-17(26-11-27-18)21(31-35(19)2)28-22(36)14-6-4-13(5-7-14)20-29-32-33-30-20/h3-9,11H,10H2,1-2H3,(H,25,37)(H,28,31,36)(H,29,30,32,33). The number of benzene rings is 2. The number of anilines is 1. The second-order valence-electron chi connectivity index (χ2n) is 8.57. The Morgan fingerprint density at radius 1 is 1.05 bits per heavy atom. The van der Waals surface area contributed by atoms with E-state index >= 15 is 0 Å². The highest BCUT2D eigenvalue weighted by molar-refractivity contribution is 6.10. The number of fused-ring (bicyclic) bond motifs is 2. The zero-order chi connectivity index (χ0) is 27.1. The summed E-state index contributed by atoms with van der Waals surface area (Å²) >= 11 is 0. The van der Waals surface area contributed by atoms with Crippen molar-refractivity contribution in [3.05, 3.63) is 76.2 Å². The van der Waals surface area contributed by atoms with E-state index in [4.69, 9.17) is 4.42 Å². The highest BCUT2D eigenvalue weighted by Gasteiger charge is 2.21. The first-order chi connectivity index (χ1) is 18.9. The number of aryl methyl sites for hydroxylation is 2. The summed E-state index contributed by atoms with van der Waals surface area (Å²) < 4.78 is 7.97. The van der Waals surface area contributed by atoms with Crippen molar-refractivity contribution >= 4 is 39.8 Å². The molecular weight excluding hydrogens is 506 g/mol. The Bertz CT molecular complexity index is 1920. The molecular formula is C24H19N11O4. The van der Waals surface area contributed by atoms with Gasteiger partial charge in [-0.15, -0.1) is 10.2 Å². The van der Waals surface area contributed by atoms with Gasteiger partial charge in [-0.1, -0.05) is 18.2 Å². The van der Waals surface area contributed by atoms with Gasteiger partial charge in [0, 0.05) is 31.8 Å². The maximum absolute atomic E-state index is 13.1. The number of hydrogen-bond acceptors (Lipinski definition) is 10. The topological polar surface area (TPSA) is 191 Å². The highest BCUT2D eigenvalue weighted by atomic mass is 16.4. The maximum Gasteiger partial charge on any atom is 0.419 e. The third kappa shape index (κ3) is 4.26. The lowest BCUT2D eigenvalue weighted by Gasteiger charge is -2.07. The molecule has 0 fully saturated rings. The van der Waals surface area contributed by atoms with Crippen LogP contribution in [0.1, 0.15) is 26.4 Å². The van der Waals surface area contributed by atoms with E-state index in [9.17, 15) is 14.4 Å². The van der Waals surface area contributed by atoms with Crippen molar-refractivity contribution in [2.24, 2.45) is 14.1 Å². The average molecular weight is 525 g/mol. The summed E-state index contributed by atoms with van der Waals surface area (Å²) in [5.74, 6) is -0.741. The van der Waals surface area contributed by atoms with Gasteiger partial charge in [0.25, 0.3) is 11.8 Å². The molecule has 6 aromatic rings. The van der Waals surface area contributed by atoms with Crippen LogP contribution in [0.2, 0.25) is 0 Å². The van der Waals surface area contributed by atoms with Crippen LogP contribution in [0.4, 0.5) is 5.82 Å². The van der Waals surface area contributed by atoms with Crippen molar-refractivity contribution in [1.82, 2.24) is 50.3 Å². The van der Waals surface area contributed by atoms with Crippen LogP contribution in [0.5, 0.6) is 0 Å². The Kier molecular flexibility index (Phi) is 5.64. The number of H-pyrrole nitrogens is 1. The molecule has 0 bridgehead atoms. The van der Waals surface area contributed by atoms with E-state index in [0.717, 1.165) is 5.56 Å². The summed E-state index contributed by atoms with van der Waals surface area (Å²) in [5.41, 5.74) is 3.67. The molecule has 0 aliphatic heterocycles. The van der Waals surface area contributed by atoms with E-state index < -0.39 is 17.6 Å². The van der Waals surface area contributed by atoms with Crippen LogP contribution in [0, 0.1) is 0 Å².